The first kappa shape index (κ1) is 13.3. The Bertz CT molecular complexity index is 549. The zero-order valence-electron chi connectivity index (χ0n) is 10.7. The van der Waals surface area contributed by atoms with Crippen LogP contribution < -0.4 is 4.74 Å². The fourth-order valence-electron chi connectivity index (χ4n) is 1.73. The van der Waals surface area contributed by atoms with Crippen LogP contribution in [0.2, 0.25) is 0 Å². The normalized spacial score (nSPS) is 11.9. The predicted molar refractivity (Wildman–Crippen MR) is 73.3 cm³/mol. The van der Waals surface area contributed by atoms with Gasteiger partial charge in [-0.05, 0) is 29.8 Å². The van der Waals surface area contributed by atoms with Crippen LogP contribution in [-0.4, -0.2) is 17.7 Å². The number of carbonyl (C=O) groups is 1. The van der Waals surface area contributed by atoms with Crippen LogP contribution in [0.1, 0.15) is 28.8 Å². The Hall–Kier alpha value is -2.13. The highest BCUT2D eigenvalue weighted by atomic mass is 16.5. The minimum absolute atomic E-state index is 0.00414. The van der Waals surface area contributed by atoms with Gasteiger partial charge in [0.15, 0.2) is 0 Å². The fourth-order valence-corrected chi connectivity index (χ4v) is 1.73. The van der Waals surface area contributed by atoms with Crippen molar-refractivity contribution >= 4 is 5.97 Å². The molecule has 1 N–H and O–H groups in total. The molecule has 3 heteroatoms. The maximum atomic E-state index is 12.0. The Labute approximate surface area is 112 Å². The molecule has 1 atom stereocenters. The first-order chi connectivity index (χ1) is 9.20. The fraction of sp³-hybridized carbons (Fsp3) is 0.188. The number of aliphatic hydroxyl groups excluding tert-OH is 1. The molecular weight excluding hydrogens is 240 g/mol. The lowest BCUT2D eigenvalue weighted by atomic mass is 10.00. The number of para-hydroxylation sites is 1. The lowest BCUT2D eigenvalue weighted by molar-refractivity contribution is 0.0734. The van der Waals surface area contributed by atoms with E-state index in [1.165, 1.54) is 0 Å². The first-order valence-corrected chi connectivity index (χ1v) is 6.18. The van der Waals surface area contributed by atoms with Crippen LogP contribution in [0.3, 0.4) is 0 Å². The number of ether oxygens (including phenoxy) is 1. The van der Waals surface area contributed by atoms with Crippen LogP contribution in [-0.2, 0) is 0 Å². The van der Waals surface area contributed by atoms with E-state index in [0.717, 1.165) is 5.56 Å². The highest BCUT2D eigenvalue weighted by Crippen LogP contribution is 2.17. The number of hydrogen-bond donors (Lipinski definition) is 1. The molecule has 0 spiro atoms. The predicted octanol–water partition coefficient (Wildman–Crippen LogP) is 3.00. The standard InChI is InChI=1S/C16H16O3/c1-12(11-17)13-6-5-7-14(10-13)16(18)19-15-8-3-2-4-9-15/h2-10,12,17H,11H2,1H3. The summed E-state index contributed by atoms with van der Waals surface area (Å²) in [5.74, 6) is 0.135. The molecule has 0 aliphatic carbocycles. The van der Waals surface area contributed by atoms with Crippen LogP contribution in [0.15, 0.2) is 54.6 Å². The van der Waals surface area contributed by atoms with E-state index in [0.29, 0.717) is 11.3 Å². The van der Waals surface area contributed by atoms with Gasteiger partial charge >= 0.3 is 5.97 Å². The van der Waals surface area contributed by atoms with Gasteiger partial charge in [-0.3, -0.25) is 0 Å². The van der Waals surface area contributed by atoms with Gasteiger partial charge in [-0.25, -0.2) is 4.79 Å². The van der Waals surface area contributed by atoms with Crippen molar-refractivity contribution in [3.05, 3.63) is 65.7 Å². The zero-order chi connectivity index (χ0) is 13.7. The topological polar surface area (TPSA) is 46.5 Å². The van der Waals surface area contributed by atoms with E-state index in [4.69, 9.17) is 9.84 Å². The molecule has 0 aliphatic rings. The highest BCUT2D eigenvalue weighted by Gasteiger charge is 2.11. The van der Waals surface area contributed by atoms with E-state index in [2.05, 4.69) is 0 Å². The summed E-state index contributed by atoms with van der Waals surface area (Å²) in [6.45, 7) is 1.96. The summed E-state index contributed by atoms with van der Waals surface area (Å²) in [5.41, 5.74) is 1.41. The van der Waals surface area contributed by atoms with E-state index in [1.807, 2.05) is 31.2 Å². The van der Waals surface area contributed by atoms with Crippen LogP contribution >= 0.6 is 0 Å². The lowest BCUT2D eigenvalue weighted by Gasteiger charge is -2.10. The molecule has 1 unspecified atom stereocenters. The number of benzene rings is 2. The molecule has 3 nitrogen and oxygen atoms in total. The molecule has 0 bridgehead atoms. The van der Waals surface area contributed by atoms with Crippen molar-refractivity contribution < 1.29 is 14.6 Å². The molecule has 19 heavy (non-hydrogen) atoms. The molecule has 0 saturated heterocycles. The van der Waals surface area contributed by atoms with Crippen LogP contribution in [0, 0.1) is 0 Å². The minimum Gasteiger partial charge on any atom is -0.423 e. The Morgan fingerprint density at radius 1 is 1.16 bits per heavy atom. The van der Waals surface area contributed by atoms with Gasteiger partial charge in [0, 0.05) is 12.5 Å². The average Bonchev–Trinajstić information content (AvgIpc) is 2.47. The molecular formula is C16H16O3. The molecule has 0 fully saturated rings. The van der Waals surface area contributed by atoms with Crippen molar-refractivity contribution in [3.63, 3.8) is 0 Å². The third-order valence-corrected chi connectivity index (χ3v) is 2.92. The second kappa shape index (κ2) is 6.16. The van der Waals surface area contributed by atoms with Crippen molar-refractivity contribution in [3.8, 4) is 5.75 Å². The molecule has 0 heterocycles. The molecule has 98 valence electrons. The monoisotopic (exact) mass is 256 g/mol. The molecule has 2 rings (SSSR count). The van der Waals surface area contributed by atoms with Gasteiger partial charge in [0.2, 0.25) is 0 Å². The van der Waals surface area contributed by atoms with E-state index < -0.39 is 5.97 Å². The summed E-state index contributed by atoms with van der Waals surface area (Å²) in [4.78, 5) is 12.0. The summed E-state index contributed by atoms with van der Waals surface area (Å²) in [5, 5.41) is 9.14. The summed E-state index contributed by atoms with van der Waals surface area (Å²) in [6, 6.07) is 16.1. The molecule has 0 radical (unpaired) electrons. The summed E-state index contributed by atoms with van der Waals surface area (Å²) >= 11 is 0. The Morgan fingerprint density at radius 3 is 2.58 bits per heavy atom. The van der Waals surface area contributed by atoms with Gasteiger partial charge in [-0.1, -0.05) is 37.3 Å². The largest absolute Gasteiger partial charge is 0.423 e. The van der Waals surface area contributed by atoms with E-state index >= 15 is 0 Å². The average molecular weight is 256 g/mol. The smallest absolute Gasteiger partial charge is 0.343 e. The number of rotatable bonds is 4. The molecule has 0 aliphatic heterocycles. The molecule has 2 aromatic carbocycles. The van der Waals surface area contributed by atoms with Gasteiger partial charge in [0.05, 0.1) is 5.56 Å². The maximum absolute atomic E-state index is 12.0. The number of aliphatic hydroxyl groups is 1. The third-order valence-electron chi connectivity index (χ3n) is 2.92. The SMILES string of the molecule is CC(CO)c1cccc(C(=O)Oc2ccccc2)c1. The van der Waals surface area contributed by atoms with Crippen molar-refractivity contribution in [2.75, 3.05) is 6.61 Å². The van der Waals surface area contributed by atoms with Crippen molar-refractivity contribution in [1.29, 1.82) is 0 Å². The van der Waals surface area contributed by atoms with Crippen molar-refractivity contribution in [1.82, 2.24) is 0 Å². The number of carbonyl (C=O) groups excluding carboxylic acids is 1. The molecule has 0 saturated carbocycles. The Morgan fingerprint density at radius 2 is 1.89 bits per heavy atom. The minimum atomic E-state index is -0.391. The van der Waals surface area contributed by atoms with Crippen LogP contribution in [0.5, 0.6) is 5.75 Å². The highest BCUT2D eigenvalue weighted by molar-refractivity contribution is 5.91. The van der Waals surface area contributed by atoms with Crippen LogP contribution in [0.4, 0.5) is 0 Å². The van der Waals surface area contributed by atoms with E-state index in [1.54, 1.807) is 30.3 Å². The van der Waals surface area contributed by atoms with Gasteiger partial charge in [-0.15, -0.1) is 0 Å². The molecule has 0 amide bonds. The van der Waals surface area contributed by atoms with E-state index in [-0.39, 0.29) is 12.5 Å². The van der Waals surface area contributed by atoms with Gasteiger partial charge in [0.25, 0.3) is 0 Å². The molecule has 2 aromatic rings. The van der Waals surface area contributed by atoms with Crippen molar-refractivity contribution in [2.24, 2.45) is 0 Å². The summed E-state index contributed by atoms with van der Waals surface area (Å²) in [7, 11) is 0. The Kier molecular flexibility index (Phi) is 4.31. The quantitative estimate of drug-likeness (QED) is 0.675. The van der Waals surface area contributed by atoms with Crippen LogP contribution in [0.25, 0.3) is 0 Å². The second-order valence-electron chi connectivity index (χ2n) is 4.41. The lowest BCUT2D eigenvalue weighted by Crippen LogP contribution is -2.09. The van der Waals surface area contributed by atoms with E-state index in [9.17, 15) is 4.79 Å². The third kappa shape index (κ3) is 3.42. The van der Waals surface area contributed by atoms with Gasteiger partial charge < -0.3 is 9.84 Å². The zero-order valence-corrected chi connectivity index (χ0v) is 10.7. The number of hydrogen-bond acceptors (Lipinski definition) is 3. The second-order valence-corrected chi connectivity index (χ2v) is 4.41. The summed E-state index contributed by atoms with van der Waals surface area (Å²) in [6.07, 6.45) is 0. The summed E-state index contributed by atoms with van der Waals surface area (Å²) < 4.78 is 5.27. The maximum Gasteiger partial charge on any atom is 0.343 e. The number of esters is 1. The molecule has 0 aromatic heterocycles. The Balaban J connectivity index is 2.15. The van der Waals surface area contributed by atoms with Gasteiger partial charge in [-0.2, -0.15) is 0 Å². The van der Waals surface area contributed by atoms with Gasteiger partial charge in [0.1, 0.15) is 5.75 Å². The van der Waals surface area contributed by atoms with Crippen molar-refractivity contribution in [2.45, 2.75) is 12.8 Å². The first-order valence-electron chi connectivity index (χ1n) is 6.18.